The van der Waals surface area contributed by atoms with Crippen molar-refractivity contribution in [2.24, 2.45) is 0 Å². The van der Waals surface area contributed by atoms with Crippen LogP contribution in [0.1, 0.15) is 5.56 Å². The molecule has 0 aliphatic rings. The van der Waals surface area contributed by atoms with Crippen molar-refractivity contribution in [2.45, 2.75) is 6.61 Å². The van der Waals surface area contributed by atoms with Crippen molar-refractivity contribution in [3.8, 4) is 0 Å². The number of aromatic nitrogens is 2. The van der Waals surface area contributed by atoms with Gasteiger partial charge in [0.25, 0.3) is 0 Å². The third-order valence-electron chi connectivity index (χ3n) is 1.74. The van der Waals surface area contributed by atoms with Crippen LogP contribution in [0.2, 0.25) is 0 Å². The summed E-state index contributed by atoms with van der Waals surface area (Å²) in [7, 11) is 0. The molecule has 0 amide bonds. The first-order valence-corrected chi connectivity index (χ1v) is 4.61. The summed E-state index contributed by atoms with van der Waals surface area (Å²) < 4.78 is 1.10. The number of benzene rings is 1. The Kier molecular flexibility index (Phi) is 2.02. The lowest BCUT2D eigenvalue weighted by Gasteiger charge is -1.98. The highest BCUT2D eigenvalue weighted by Gasteiger charge is 2.03. The molecular formula is C8H7IN2O. The first-order chi connectivity index (χ1) is 5.81. The van der Waals surface area contributed by atoms with Crippen LogP contribution in [0.15, 0.2) is 18.5 Å². The number of nitrogens with one attached hydrogen (secondary N) is 1. The van der Waals surface area contributed by atoms with Crippen LogP contribution in [-0.2, 0) is 6.61 Å². The van der Waals surface area contributed by atoms with E-state index in [1.54, 1.807) is 6.33 Å². The number of hydrogen-bond donors (Lipinski definition) is 2. The zero-order chi connectivity index (χ0) is 8.55. The fourth-order valence-electron chi connectivity index (χ4n) is 1.21. The molecule has 0 atom stereocenters. The van der Waals surface area contributed by atoms with Gasteiger partial charge in [0.2, 0.25) is 0 Å². The monoisotopic (exact) mass is 274 g/mol. The normalized spacial score (nSPS) is 10.8. The maximum Gasteiger partial charge on any atom is 0.0938 e. The SMILES string of the molecule is OCc1cc(I)cc2[nH]cnc12. The molecular weight excluding hydrogens is 267 g/mol. The molecule has 62 valence electrons. The minimum atomic E-state index is 0.0399. The number of aromatic amines is 1. The van der Waals surface area contributed by atoms with Crippen molar-refractivity contribution < 1.29 is 5.11 Å². The van der Waals surface area contributed by atoms with Crippen molar-refractivity contribution in [3.63, 3.8) is 0 Å². The summed E-state index contributed by atoms with van der Waals surface area (Å²) in [6.45, 7) is 0.0399. The van der Waals surface area contributed by atoms with Gasteiger partial charge in [-0.1, -0.05) is 0 Å². The smallest absolute Gasteiger partial charge is 0.0938 e. The summed E-state index contributed by atoms with van der Waals surface area (Å²) in [6.07, 6.45) is 1.64. The van der Waals surface area contributed by atoms with Crippen LogP contribution < -0.4 is 0 Å². The Morgan fingerprint density at radius 1 is 1.50 bits per heavy atom. The van der Waals surface area contributed by atoms with E-state index in [4.69, 9.17) is 5.11 Å². The average molecular weight is 274 g/mol. The van der Waals surface area contributed by atoms with Crippen LogP contribution >= 0.6 is 22.6 Å². The van der Waals surface area contributed by atoms with Gasteiger partial charge in [-0.05, 0) is 34.7 Å². The van der Waals surface area contributed by atoms with Gasteiger partial charge in [0.05, 0.1) is 24.0 Å². The maximum atomic E-state index is 9.02. The fourth-order valence-corrected chi connectivity index (χ4v) is 1.89. The summed E-state index contributed by atoms with van der Waals surface area (Å²) in [5.41, 5.74) is 2.71. The predicted octanol–water partition coefficient (Wildman–Crippen LogP) is 1.66. The molecule has 0 unspecified atom stereocenters. The van der Waals surface area contributed by atoms with Gasteiger partial charge in [0.15, 0.2) is 0 Å². The zero-order valence-electron chi connectivity index (χ0n) is 6.21. The number of hydrogen-bond acceptors (Lipinski definition) is 2. The molecule has 4 heteroatoms. The van der Waals surface area contributed by atoms with Gasteiger partial charge in [0.1, 0.15) is 0 Å². The Morgan fingerprint density at radius 2 is 2.33 bits per heavy atom. The molecule has 2 aromatic rings. The molecule has 2 rings (SSSR count). The largest absolute Gasteiger partial charge is 0.392 e. The van der Waals surface area contributed by atoms with Gasteiger partial charge in [-0.2, -0.15) is 0 Å². The molecule has 0 spiro atoms. The summed E-state index contributed by atoms with van der Waals surface area (Å²) in [6, 6.07) is 3.94. The van der Waals surface area contributed by atoms with Crippen LogP contribution in [0.3, 0.4) is 0 Å². The van der Waals surface area contributed by atoms with Crippen LogP contribution in [0.25, 0.3) is 11.0 Å². The quantitative estimate of drug-likeness (QED) is 0.777. The van der Waals surface area contributed by atoms with E-state index in [2.05, 4.69) is 32.6 Å². The standard InChI is InChI=1S/C8H7IN2O/c9-6-1-5(3-12)8-7(2-6)10-4-11-8/h1-2,4,12H,3H2,(H,10,11). The van der Waals surface area contributed by atoms with Crippen molar-refractivity contribution >= 4 is 33.6 Å². The summed E-state index contributed by atoms with van der Waals surface area (Å²) in [5, 5.41) is 9.02. The summed E-state index contributed by atoms with van der Waals surface area (Å²) >= 11 is 2.22. The Labute approximate surface area is 83.0 Å². The molecule has 1 aromatic carbocycles. The number of rotatable bonds is 1. The van der Waals surface area contributed by atoms with Gasteiger partial charge >= 0.3 is 0 Å². The third-order valence-corrected chi connectivity index (χ3v) is 2.36. The van der Waals surface area contributed by atoms with Crippen molar-refractivity contribution in [1.29, 1.82) is 0 Å². The minimum Gasteiger partial charge on any atom is -0.392 e. The number of imidazole rings is 1. The number of aliphatic hydroxyl groups is 1. The van der Waals surface area contributed by atoms with E-state index < -0.39 is 0 Å². The molecule has 2 N–H and O–H groups in total. The molecule has 0 saturated carbocycles. The molecule has 0 aliphatic heterocycles. The molecule has 3 nitrogen and oxygen atoms in total. The van der Waals surface area contributed by atoms with E-state index >= 15 is 0 Å². The van der Waals surface area contributed by atoms with E-state index in [0.29, 0.717) is 0 Å². The lowest BCUT2D eigenvalue weighted by Crippen LogP contribution is -1.86. The van der Waals surface area contributed by atoms with Crippen LogP contribution in [0, 0.1) is 3.57 Å². The van der Waals surface area contributed by atoms with Crippen LogP contribution in [0.5, 0.6) is 0 Å². The fraction of sp³-hybridized carbons (Fsp3) is 0.125. The number of H-pyrrole nitrogens is 1. The van der Waals surface area contributed by atoms with Gasteiger partial charge in [-0.15, -0.1) is 0 Å². The number of halogens is 1. The van der Waals surface area contributed by atoms with E-state index in [-0.39, 0.29) is 6.61 Å². The summed E-state index contributed by atoms with van der Waals surface area (Å²) in [4.78, 5) is 7.12. The predicted molar refractivity (Wildman–Crippen MR) is 54.7 cm³/mol. The van der Waals surface area contributed by atoms with Crippen molar-refractivity contribution in [1.82, 2.24) is 9.97 Å². The van der Waals surface area contributed by atoms with Crippen LogP contribution in [-0.4, -0.2) is 15.1 Å². The van der Waals surface area contributed by atoms with E-state index in [9.17, 15) is 0 Å². The lowest BCUT2D eigenvalue weighted by atomic mass is 10.2. The molecule has 0 fully saturated rings. The van der Waals surface area contributed by atoms with E-state index in [1.165, 1.54) is 0 Å². The van der Waals surface area contributed by atoms with E-state index in [1.807, 2.05) is 12.1 Å². The number of aliphatic hydroxyl groups excluding tert-OH is 1. The summed E-state index contributed by atoms with van der Waals surface area (Å²) in [5.74, 6) is 0. The van der Waals surface area contributed by atoms with Gasteiger partial charge < -0.3 is 10.1 Å². The van der Waals surface area contributed by atoms with Crippen molar-refractivity contribution in [2.75, 3.05) is 0 Å². The second-order valence-corrected chi connectivity index (χ2v) is 3.77. The molecule has 1 aromatic heterocycles. The van der Waals surface area contributed by atoms with Gasteiger partial charge in [-0.25, -0.2) is 4.98 Å². The highest BCUT2D eigenvalue weighted by atomic mass is 127. The first-order valence-electron chi connectivity index (χ1n) is 3.53. The average Bonchev–Trinajstić information content (AvgIpc) is 2.50. The topological polar surface area (TPSA) is 48.9 Å². The molecule has 0 aliphatic carbocycles. The van der Waals surface area contributed by atoms with Gasteiger partial charge in [-0.3, -0.25) is 0 Å². The number of nitrogens with zero attached hydrogens (tertiary/aromatic N) is 1. The highest BCUT2D eigenvalue weighted by Crippen LogP contribution is 2.18. The second-order valence-electron chi connectivity index (χ2n) is 2.52. The molecule has 0 bridgehead atoms. The Bertz CT molecular complexity index is 410. The van der Waals surface area contributed by atoms with Gasteiger partial charge in [0, 0.05) is 9.13 Å². The van der Waals surface area contributed by atoms with E-state index in [0.717, 1.165) is 20.2 Å². The minimum absolute atomic E-state index is 0.0399. The lowest BCUT2D eigenvalue weighted by molar-refractivity contribution is 0.283. The Morgan fingerprint density at radius 3 is 3.08 bits per heavy atom. The Balaban J connectivity index is 2.80. The molecule has 12 heavy (non-hydrogen) atoms. The molecule has 1 heterocycles. The highest BCUT2D eigenvalue weighted by molar-refractivity contribution is 14.1. The first kappa shape index (κ1) is 8.00. The zero-order valence-corrected chi connectivity index (χ0v) is 8.37. The maximum absolute atomic E-state index is 9.02. The molecule has 0 saturated heterocycles. The van der Waals surface area contributed by atoms with Crippen LogP contribution in [0.4, 0.5) is 0 Å². The number of fused-ring (bicyclic) bond motifs is 1. The molecule has 0 radical (unpaired) electrons. The Hall–Kier alpha value is -0.620. The third kappa shape index (κ3) is 1.21. The second kappa shape index (κ2) is 3.02. The van der Waals surface area contributed by atoms with Crippen molar-refractivity contribution in [3.05, 3.63) is 27.6 Å².